The lowest BCUT2D eigenvalue weighted by Gasteiger charge is -2.29. The smallest absolute Gasteiger partial charge is 0.146 e. The zero-order chi connectivity index (χ0) is 13.3. The van der Waals surface area contributed by atoms with E-state index in [4.69, 9.17) is 0 Å². The number of hydrogen-bond donors (Lipinski definition) is 2. The van der Waals surface area contributed by atoms with E-state index in [2.05, 4.69) is 17.4 Å². The van der Waals surface area contributed by atoms with E-state index in [1.165, 1.54) is 17.2 Å². The predicted molar refractivity (Wildman–Crippen MR) is 73.7 cm³/mol. The molecule has 19 heavy (non-hydrogen) atoms. The third kappa shape index (κ3) is 2.22. The van der Waals surface area contributed by atoms with Crippen LogP contribution in [-0.2, 0) is 12.8 Å². The Hall–Kier alpha value is -1.87. The normalized spacial score (nSPS) is 16.1. The molecule has 1 aliphatic rings. The van der Waals surface area contributed by atoms with E-state index in [1.54, 1.807) is 18.2 Å². The molecule has 0 radical (unpaired) electrons. The fourth-order valence-electron chi connectivity index (χ4n) is 2.78. The molecule has 0 aliphatic heterocycles. The summed E-state index contributed by atoms with van der Waals surface area (Å²) in [6, 6.07) is 14.7. The topological polar surface area (TPSA) is 32.3 Å². The van der Waals surface area contributed by atoms with Gasteiger partial charge in [-0.2, -0.15) is 0 Å². The van der Waals surface area contributed by atoms with Crippen LogP contribution in [0.2, 0.25) is 0 Å². The van der Waals surface area contributed by atoms with Crippen LogP contribution < -0.4 is 5.32 Å². The summed E-state index contributed by atoms with van der Waals surface area (Å²) in [5.41, 5.74) is 2.40. The van der Waals surface area contributed by atoms with Gasteiger partial charge >= 0.3 is 0 Å². The van der Waals surface area contributed by atoms with Gasteiger partial charge in [0.05, 0.1) is 17.8 Å². The van der Waals surface area contributed by atoms with Crippen molar-refractivity contribution in [3.05, 3.63) is 65.5 Å². The maximum Gasteiger partial charge on any atom is 0.146 e. The molecule has 0 aromatic heterocycles. The summed E-state index contributed by atoms with van der Waals surface area (Å²) >= 11 is 0. The molecular formula is C16H16FNO. The Morgan fingerprint density at radius 3 is 2.16 bits per heavy atom. The van der Waals surface area contributed by atoms with Gasteiger partial charge < -0.3 is 10.4 Å². The molecule has 0 unspecified atom stereocenters. The number of aliphatic hydroxyl groups is 1. The van der Waals surface area contributed by atoms with E-state index in [9.17, 15) is 9.50 Å². The number of aliphatic hydroxyl groups excluding tert-OH is 1. The quantitative estimate of drug-likeness (QED) is 0.886. The Bertz CT molecular complexity index is 572. The fourth-order valence-corrected chi connectivity index (χ4v) is 2.78. The number of anilines is 1. The first-order chi connectivity index (χ1) is 9.22. The van der Waals surface area contributed by atoms with E-state index < -0.39 is 5.54 Å². The van der Waals surface area contributed by atoms with Gasteiger partial charge in [-0.1, -0.05) is 36.4 Å². The summed E-state index contributed by atoms with van der Waals surface area (Å²) in [7, 11) is 0. The van der Waals surface area contributed by atoms with Crippen molar-refractivity contribution in [1.82, 2.24) is 0 Å². The minimum Gasteiger partial charge on any atom is -0.394 e. The number of para-hydroxylation sites is 1. The van der Waals surface area contributed by atoms with Crippen molar-refractivity contribution in [1.29, 1.82) is 0 Å². The van der Waals surface area contributed by atoms with Gasteiger partial charge in [-0.05, 0) is 36.1 Å². The average molecular weight is 257 g/mol. The molecule has 2 N–H and O–H groups in total. The van der Waals surface area contributed by atoms with Crippen molar-refractivity contribution < 1.29 is 9.50 Å². The van der Waals surface area contributed by atoms with Crippen LogP contribution in [0.4, 0.5) is 10.1 Å². The van der Waals surface area contributed by atoms with Crippen molar-refractivity contribution in [2.45, 2.75) is 18.4 Å². The van der Waals surface area contributed by atoms with Crippen molar-refractivity contribution in [2.24, 2.45) is 0 Å². The van der Waals surface area contributed by atoms with Crippen LogP contribution in [0.1, 0.15) is 11.1 Å². The molecule has 2 aromatic rings. The zero-order valence-corrected chi connectivity index (χ0v) is 10.6. The molecule has 0 saturated carbocycles. The van der Waals surface area contributed by atoms with Gasteiger partial charge in [0.25, 0.3) is 0 Å². The second-order valence-electron chi connectivity index (χ2n) is 5.17. The monoisotopic (exact) mass is 257 g/mol. The first kappa shape index (κ1) is 12.2. The van der Waals surface area contributed by atoms with Gasteiger partial charge in [0.1, 0.15) is 5.82 Å². The highest BCUT2D eigenvalue weighted by molar-refractivity contribution is 5.50. The minimum atomic E-state index is -0.494. The number of hydrogen-bond acceptors (Lipinski definition) is 2. The van der Waals surface area contributed by atoms with Gasteiger partial charge in [0.15, 0.2) is 0 Å². The highest BCUT2D eigenvalue weighted by atomic mass is 19.1. The second kappa shape index (κ2) is 4.67. The Balaban J connectivity index is 1.89. The molecule has 0 fully saturated rings. The summed E-state index contributed by atoms with van der Waals surface area (Å²) in [4.78, 5) is 0. The average Bonchev–Trinajstić information content (AvgIpc) is 2.80. The summed E-state index contributed by atoms with van der Waals surface area (Å²) < 4.78 is 13.7. The Kier molecular flexibility index (Phi) is 2.99. The van der Waals surface area contributed by atoms with Gasteiger partial charge in [0.2, 0.25) is 0 Å². The molecule has 2 nitrogen and oxygen atoms in total. The van der Waals surface area contributed by atoms with E-state index >= 15 is 0 Å². The van der Waals surface area contributed by atoms with Gasteiger partial charge in [0, 0.05) is 0 Å². The highest BCUT2D eigenvalue weighted by Gasteiger charge is 2.36. The van der Waals surface area contributed by atoms with Crippen LogP contribution in [0, 0.1) is 5.82 Å². The lowest BCUT2D eigenvalue weighted by molar-refractivity contribution is 0.216. The molecule has 0 heterocycles. The van der Waals surface area contributed by atoms with Crippen molar-refractivity contribution in [2.75, 3.05) is 11.9 Å². The van der Waals surface area contributed by atoms with Crippen LogP contribution in [-0.4, -0.2) is 17.3 Å². The second-order valence-corrected chi connectivity index (χ2v) is 5.17. The number of halogens is 1. The Morgan fingerprint density at radius 1 is 1.00 bits per heavy atom. The van der Waals surface area contributed by atoms with Crippen molar-refractivity contribution in [3.63, 3.8) is 0 Å². The number of fused-ring (bicyclic) bond motifs is 1. The first-order valence-electron chi connectivity index (χ1n) is 6.43. The summed E-state index contributed by atoms with van der Waals surface area (Å²) in [6.07, 6.45) is 1.43. The summed E-state index contributed by atoms with van der Waals surface area (Å²) in [6.45, 7) is -0.0178. The number of nitrogens with one attached hydrogen (secondary N) is 1. The predicted octanol–water partition coefficient (Wildman–Crippen LogP) is 2.77. The molecule has 3 heteroatoms. The van der Waals surface area contributed by atoms with Gasteiger partial charge in [-0.3, -0.25) is 0 Å². The SMILES string of the molecule is OCC1(Nc2ccccc2F)Cc2ccccc2C1. The third-order valence-electron chi connectivity index (χ3n) is 3.75. The molecule has 3 rings (SSSR count). The maximum absolute atomic E-state index is 13.7. The number of benzene rings is 2. The first-order valence-corrected chi connectivity index (χ1v) is 6.43. The van der Waals surface area contributed by atoms with Crippen molar-refractivity contribution in [3.8, 4) is 0 Å². The fraction of sp³-hybridized carbons (Fsp3) is 0.250. The van der Waals surface area contributed by atoms with E-state index in [-0.39, 0.29) is 12.4 Å². The summed E-state index contributed by atoms with van der Waals surface area (Å²) in [5.74, 6) is -0.286. The van der Waals surface area contributed by atoms with E-state index in [1.807, 2.05) is 12.1 Å². The molecule has 2 aromatic carbocycles. The number of rotatable bonds is 3. The van der Waals surface area contributed by atoms with Crippen LogP contribution in [0.5, 0.6) is 0 Å². The van der Waals surface area contributed by atoms with E-state index in [0.29, 0.717) is 18.5 Å². The molecule has 0 spiro atoms. The lowest BCUT2D eigenvalue weighted by Crippen LogP contribution is -2.43. The Labute approximate surface area is 111 Å². The standard InChI is InChI=1S/C16H16FNO/c17-14-7-3-4-8-15(14)18-16(11-19)9-12-5-1-2-6-13(12)10-16/h1-8,18-19H,9-11H2. The lowest BCUT2D eigenvalue weighted by atomic mass is 9.96. The highest BCUT2D eigenvalue weighted by Crippen LogP contribution is 2.33. The van der Waals surface area contributed by atoms with E-state index in [0.717, 1.165) is 0 Å². The van der Waals surface area contributed by atoms with Crippen LogP contribution in [0.15, 0.2) is 48.5 Å². The van der Waals surface area contributed by atoms with Gasteiger partial charge in [-0.15, -0.1) is 0 Å². The van der Waals surface area contributed by atoms with Crippen LogP contribution >= 0.6 is 0 Å². The summed E-state index contributed by atoms with van der Waals surface area (Å²) in [5, 5.41) is 13.0. The Morgan fingerprint density at radius 2 is 1.58 bits per heavy atom. The van der Waals surface area contributed by atoms with Gasteiger partial charge in [-0.25, -0.2) is 4.39 Å². The molecule has 0 saturated heterocycles. The third-order valence-corrected chi connectivity index (χ3v) is 3.75. The molecule has 0 amide bonds. The molecule has 0 atom stereocenters. The largest absolute Gasteiger partial charge is 0.394 e. The molecular weight excluding hydrogens is 241 g/mol. The maximum atomic E-state index is 13.7. The molecule has 1 aliphatic carbocycles. The zero-order valence-electron chi connectivity index (χ0n) is 10.6. The van der Waals surface area contributed by atoms with Crippen LogP contribution in [0.25, 0.3) is 0 Å². The molecule has 0 bridgehead atoms. The minimum absolute atomic E-state index is 0.0178. The molecule has 98 valence electrons. The van der Waals surface area contributed by atoms with Crippen molar-refractivity contribution >= 4 is 5.69 Å². The van der Waals surface area contributed by atoms with Crippen LogP contribution in [0.3, 0.4) is 0 Å².